The number of halogens is 2. The van der Waals surface area contributed by atoms with Crippen molar-refractivity contribution in [2.24, 2.45) is 5.41 Å². The Kier molecular flexibility index (Phi) is 6.59. The van der Waals surface area contributed by atoms with E-state index in [0.29, 0.717) is 29.4 Å². The van der Waals surface area contributed by atoms with Crippen LogP contribution in [0.3, 0.4) is 0 Å². The van der Waals surface area contributed by atoms with Crippen LogP contribution in [0.1, 0.15) is 39.5 Å². The summed E-state index contributed by atoms with van der Waals surface area (Å²) in [5.74, 6) is -0.572. The molecule has 2 aromatic heterocycles. The lowest BCUT2D eigenvalue weighted by atomic mass is 9.68. The van der Waals surface area contributed by atoms with Crippen molar-refractivity contribution in [1.82, 2.24) is 9.97 Å². The number of pyridine rings is 1. The predicted octanol–water partition coefficient (Wildman–Crippen LogP) is 5.86. The van der Waals surface area contributed by atoms with Crippen molar-refractivity contribution in [2.75, 3.05) is 31.2 Å². The van der Waals surface area contributed by atoms with Crippen molar-refractivity contribution < 1.29 is 23.8 Å². The van der Waals surface area contributed by atoms with Crippen molar-refractivity contribution >= 4 is 34.3 Å². The number of ether oxygens (including phenoxy) is 2. The zero-order chi connectivity index (χ0) is 25.5. The minimum atomic E-state index is -1.75. The summed E-state index contributed by atoms with van der Waals surface area (Å²) in [6, 6.07) is 11.9. The second kappa shape index (κ2) is 9.56. The van der Waals surface area contributed by atoms with Crippen molar-refractivity contribution in [1.29, 1.82) is 0 Å². The highest BCUT2D eigenvalue weighted by atomic mass is 35.5. The number of carboxylic acid groups (broad SMARTS) is 1. The molecular weight excluding hydrogens is 485 g/mol. The van der Waals surface area contributed by atoms with E-state index >= 15 is 4.39 Å². The largest absolute Gasteiger partial charge is 0.481 e. The standard InChI is InChI=1S/C27H31ClFN3O4/c1-26(2,25(33)34)27(29)9-7-19(8-10-27)36-23-16-22-21(30-23)15-20(28)24(31-22)17-3-5-18(6-4-17)32-11-13-35-14-12-32/h3-6,15-16,19,30H,7-14H2,1-2H3,(H,33,34). The highest BCUT2D eigenvalue weighted by Gasteiger charge is 2.52. The van der Waals surface area contributed by atoms with Gasteiger partial charge in [-0.1, -0.05) is 23.7 Å². The number of anilines is 1. The molecule has 1 aromatic carbocycles. The zero-order valence-electron chi connectivity index (χ0n) is 20.5. The molecule has 0 bridgehead atoms. The van der Waals surface area contributed by atoms with Crippen LogP contribution in [0.4, 0.5) is 10.1 Å². The van der Waals surface area contributed by atoms with Crippen LogP contribution in [0, 0.1) is 5.41 Å². The Balaban J connectivity index is 1.29. The Morgan fingerprint density at radius 2 is 1.89 bits per heavy atom. The Morgan fingerprint density at radius 1 is 1.22 bits per heavy atom. The van der Waals surface area contributed by atoms with Crippen LogP contribution in [-0.2, 0) is 9.53 Å². The first kappa shape index (κ1) is 24.8. The summed E-state index contributed by atoms with van der Waals surface area (Å²) in [5, 5.41) is 9.97. The third-order valence-corrected chi connectivity index (χ3v) is 8.01. The molecule has 0 atom stereocenters. The minimum Gasteiger partial charge on any atom is -0.481 e. The monoisotopic (exact) mass is 515 g/mol. The van der Waals surface area contributed by atoms with Gasteiger partial charge in [0.25, 0.3) is 0 Å². The molecule has 7 nitrogen and oxygen atoms in total. The van der Waals surface area contributed by atoms with Crippen LogP contribution in [0.5, 0.6) is 5.88 Å². The molecule has 1 saturated carbocycles. The van der Waals surface area contributed by atoms with Gasteiger partial charge in [-0.2, -0.15) is 0 Å². The maximum atomic E-state index is 15.4. The van der Waals surface area contributed by atoms with E-state index in [2.05, 4.69) is 22.0 Å². The van der Waals surface area contributed by atoms with E-state index < -0.39 is 17.1 Å². The second-order valence-corrected chi connectivity index (χ2v) is 10.7. The fourth-order valence-electron chi connectivity index (χ4n) is 5.09. The number of fused-ring (bicyclic) bond motifs is 1. The van der Waals surface area contributed by atoms with Gasteiger partial charge in [-0.25, -0.2) is 9.37 Å². The number of benzene rings is 1. The molecule has 0 spiro atoms. The quantitative estimate of drug-likeness (QED) is 0.427. The molecule has 1 aliphatic carbocycles. The summed E-state index contributed by atoms with van der Waals surface area (Å²) in [6.45, 7) is 6.13. The van der Waals surface area contributed by atoms with Crippen LogP contribution in [-0.4, -0.2) is 59.1 Å². The minimum absolute atomic E-state index is 0.145. The summed E-state index contributed by atoms with van der Waals surface area (Å²) < 4.78 is 26.9. The lowest BCUT2D eigenvalue weighted by molar-refractivity contribution is -0.160. The molecule has 1 saturated heterocycles. The molecule has 2 fully saturated rings. The van der Waals surface area contributed by atoms with Gasteiger partial charge < -0.3 is 24.5 Å². The van der Waals surface area contributed by atoms with Gasteiger partial charge in [0, 0.05) is 30.4 Å². The van der Waals surface area contributed by atoms with Crippen molar-refractivity contribution in [3.63, 3.8) is 0 Å². The van der Waals surface area contributed by atoms with Crippen LogP contribution >= 0.6 is 11.6 Å². The van der Waals surface area contributed by atoms with Crippen molar-refractivity contribution in [2.45, 2.75) is 51.3 Å². The number of carbonyl (C=O) groups is 1. The van der Waals surface area contributed by atoms with Gasteiger partial charge in [0.15, 0.2) is 5.88 Å². The highest BCUT2D eigenvalue weighted by molar-refractivity contribution is 6.33. The average molecular weight is 516 g/mol. The van der Waals surface area contributed by atoms with Gasteiger partial charge in [0.2, 0.25) is 0 Å². The van der Waals surface area contributed by atoms with Crippen LogP contribution in [0.25, 0.3) is 22.3 Å². The molecule has 36 heavy (non-hydrogen) atoms. The van der Waals surface area contributed by atoms with E-state index in [1.165, 1.54) is 13.8 Å². The number of morpholine rings is 1. The number of aliphatic carboxylic acids is 1. The number of hydrogen-bond acceptors (Lipinski definition) is 5. The molecular formula is C27H31ClFN3O4. The first-order valence-corrected chi connectivity index (χ1v) is 12.8. The Morgan fingerprint density at radius 3 is 2.53 bits per heavy atom. The highest BCUT2D eigenvalue weighted by Crippen LogP contribution is 2.46. The topological polar surface area (TPSA) is 87.7 Å². The molecule has 5 rings (SSSR count). The molecule has 9 heteroatoms. The first-order chi connectivity index (χ1) is 17.2. The number of hydrogen-bond donors (Lipinski definition) is 2. The van der Waals surface area contributed by atoms with Crippen molar-refractivity contribution in [3.05, 3.63) is 41.4 Å². The number of nitrogens with zero attached hydrogens (tertiary/aromatic N) is 2. The number of alkyl halides is 1. The van der Waals surface area contributed by atoms with E-state index in [-0.39, 0.29) is 18.9 Å². The number of carboxylic acids is 1. The average Bonchev–Trinajstić information content (AvgIpc) is 3.26. The molecule has 0 amide bonds. The molecule has 0 unspecified atom stereocenters. The Labute approximate surface area is 214 Å². The lowest BCUT2D eigenvalue weighted by Crippen LogP contribution is -2.49. The van der Waals surface area contributed by atoms with Crippen molar-refractivity contribution in [3.8, 4) is 17.1 Å². The van der Waals surface area contributed by atoms with E-state index in [0.717, 1.165) is 48.6 Å². The number of H-pyrrole nitrogens is 1. The first-order valence-electron chi connectivity index (χ1n) is 12.4. The van der Waals surface area contributed by atoms with E-state index in [1.54, 1.807) is 0 Å². The number of nitrogens with one attached hydrogen (secondary N) is 1. The van der Waals surface area contributed by atoms with Gasteiger partial charge in [0.05, 0.1) is 40.4 Å². The van der Waals surface area contributed by atoms with Gasteiger partial charge >= 0.3 is 5.97 Å². The Hall–Kier alpha value is -2.84. The summed E-state index contributed by atoms with van der Waals surface area (Å²) in [6.07, 6.45) is 0.974. The molecule has 1 aliphatic heterocycles. The van der Waals surface area contributed by atoms with E-state index in [1.807, 2.05) is 24.3 Å². The molecule has 192 valence electrons. The molecule has 3 heterocycles. The fraction of sp³-hybridized carbons (Fsp3) is 0.481. The summed E-state index contributed by atoms with van der Waals surface area (Å²) in [7, 11) is 0. The van der Waals surface area contributed by atoms with E-state index in [4.69, 9.17) is 26.1 Å². The maximum Gasteiger partial charge on any atom is 0.312 e. The summed E-state index contributed by atoms with van der Waals surface area (Å²) >= 11 is 6.59. The van der Waals surface area contributed by atoms with Gasteiger partial charge in [-0.3, -0.25) is 4.79 Å². The molecule has 2 aliphatic rings. The van der Waals surface area contributed by atoms with Gasteiger partial charge in [0.1, 0.15) is 11.8 Å². The van der Waals surface area contributed by atoms with Crippen LogP contribution in [0.2, 0.25) is 5.02 Å². The van der Waals surface area contributed by atoms with E-state index in [9.17, 15) is 9.90 Å². The molecule has 2 N–H and O–H groups in total. The zero-order valence-corrected chi connectivity index (χ0v) is 21.3. The fourth-order valence-corrected chi connectivity index (χ4v) is 5.35. The van der Waals surface area contributed by atoms with Crippen LogP contribution < -0.4 is 9.64 Å². The number of rotatable bonds is 6. The number of aromatic nitrogens is 2. The third kappa shape index (κ3) is 4.64. The molecule has 3 aromatic rings. The Bertz CT molecular complexity index is 1250. The second-order valence-electron chi connectivity index (χ2n) is 10.2. The van der Waals surface area contributed by atoms with Gasteiger partial charge in [-0.05, 0) is 57.7 Å². The maximum absolute atomic E-state index is 15.4. The normalized spacial score (nSPS) is 23.1. The molecule has 0 radical (unpaired) electrons. The summed E-state index contributed by atoms with van der Waals surface area (Å²) in [4.78, 5) is 21.8. The van der Waals surface area contributed by atoms with Crippen LogP contribution in [0.15, 0.2) is 36.4 Å². The smallest absolute Gasteiger partial charge is 0.312 e. The lowest BCUT2D eigenvalue weighted by Gasteiger charge is -2.41. The van der Waals surface area contributed by atoms with Gasteiger partial charge in [-0.15, -0.1) is 0 Å². The summed E-state index contributed by atoms with van der Waals surface area (Å²) in [5.41, 5.74) is 1.06. The SMILES string of the molecule is CC(C)(C(=O)O)C1(F)CCC(Oc2cc3nc(-c4ccc(N5CCOCC5)cc4)c(Cl)cc3[nH]2)CC1. The third-order valence-electron chi connectivity index (χ3n) is 7.72. The number of aromatic amines is 1. The predicted molar refractivity (Wildman–Crippen MR) is 138 cm³/mol.